The Morgan fingerprint density at radius 1 is 1.21 bits per heavy atom. The van der Waals surface area contributed by atoms with Gasteiger partial charge in [0, 0.05) is 29.7 Å². The van der Waals surface area contributed by atoms with E-state index in [-0.39, 0.29) is 18.6 Å². The number of carbonyl (C=O) groups excluding carboxylic acids is 1. The standard InChI is InChI=1S/C26H26N4O3/c1-17-12-20(29-25-7-3-4-10-27-25)15-22(28-17)23-6-5-11-30(23)26(31)19-13-18-14-21(32-2)8-9-24(18)33-16-19/h3-4,7-10,12-15,23H,5-6,11,16H2,1-2H3,(H,27,28,29)/t23-/m1/s1. The number of benzene rings is 1. The fraction of sp³-hybridized carbons (Fsp3) is 0.269. The van der Waals surface area contributed by atoms with E-state index in [0.29, 0.717) is 12.1 Å². The molecule has 1 aromatic carbocycles. The number of ether oxygens (including phenoxy) is 2. The van der Waals surface area contributed by atoms with E-state index < -0.39 is 0 Å². The van der Waals surface area contributed by atoms with E-state index in [1.807, 2.05) is 66.4 Å². The van der Waals surface area contributed by atoms with Gasteiger partial charge in [-0.1, -0.05) is 6.07 Å². The summed E-state index contributed by atoms with van der Waals surface area (Å²) in [5.74, 6) is 2.26. The van der Waals surface area contributed by atoms with Gasteiger partial charge in [-0.3, -0.25) is 9.78 Å². The first kappa shape index (κ1) is 21.0. The van der Waals surface area contributed by atoms with Crippen molar-refractivity contribution in [1.29, 1.82) is 0 Å². The van der Waals surface area contributed by atoms with Gasteiger partial charge >= 0.3 is 0 Å². The summed E-state index contributed by atoms with van der Waals surface area (Å²) in [4.78, 5) is 24.5. The van der Waals surface area contributed by atoms with Gasteiger partial charge in [0.15, 0.2) is 0 Å². The Balaban J connectivity index is 1.40. The number of anilines is 2. The Morgan fingerprint density at radius 3 is 2.94 bits per heavy atom. The van der Waals surface area contributed by atoms with Gasteiger partial charge in [0.2, 0.25) is 0 Å². The van der Waals surface area contributed by atoms with Crippen molar-refractivity contribution in [3.05, 3.63) is 77.3 Å². The van der Waals surface area contributed by atoms with Gasteiger partial charge in [0.05, 0.1) is 24.4 Å². The molecular weight excluding hydrogens is 416 g/mol. The number of methoxy groups -OCH3 is 1. The highest BCUT2D eigenvalue weighted by molar-refractivity contribution is 5.99. The van der Waals surface area contributed by atoms with Crippen LogP contribution < -0.4 is 14.8 Å². The molecule has 1 fully saturated rings. The molecule has 1 amide bonds. The Hall–Kier alpha value is -3.87. The van der Waals surface area contributed by atoms with E-state index in [4.69, 9.17) is 14.5 Å². The number of carbonyl (C=O) groups is 1. The average Bonchev–Trinajstić information content (AvgIpc) is 3.33. The zero-order valence-corrected chi connectivity index (χ0v) is 18.7. The smallest absolute Gasteiger partial charge is 0.253 e. The van der Waals surface area contributed by atoms with Crippen LogP contribution in [0.3, 0.4) is 0 Å². The van der Waals surface area contributed by atoms with E-state index in [9.17, 15) is 4.79 Å². The summed E-state index contributed by atoms with van der Waals surface area (Å²) in [6.07, 6.45) is 5.48. The maximum Gasteiger partial charge on any atom is 0.253 e. The van der Waals surface area contributed by atoms with Crippen LogP contribution in [0, 0.1) is 6.92 Å². The van der Waals surface area contributed by atoms with Gasteiger partial charge in [-0.05, 0) is 68.3 Å². The number of fused-ring (bicyclic) bond motifs is 1. The van der Waals surface area contributed by atoms with E-state index in [2.05, 4.69) is 10.3 Å². The first-order chi connectivity index (χ1) is 16.1. The van der Waals surface area contributed by atoms with Crippen LogP contribution in [0.5, 0.6) is 11.5 Å². The summed E-state index contributed by atoms with van der Waals surface area (Å²) in [5.41, 5.74) is 4.19. The topological polar surface area (TPSA) is 76.6 Å². The quantitative estimate of drug-likeness (QED) is 0.619. The first-order valence-electron chi connectivity index (χ1n) is 11.1. The number of hydrogen-bond acceptors (Lipinski definition) is 6. The van der Waals surface area contributed by atoms with E-state index >= 15 is 0 Å². The molecule has 4 heterocycles. The van der Waals surface area contributed by atoms with Crippen molar-refractivity contribution in [3.8, 4) is 11.5 Å². The minimum absolute atomic E-state index is 0.00601. The summed E-state index contributed by atoms with van der Waals surface area (Å²) in [5, 5.41) is 3.34. The maximum atomic E-state index is 13.5. The number of nitrogens with one attached hydrogen (secondary N) is 1. The lowest BCUT2D eigenvalue weighted by atomic mass is 10.0. The van der Waals surface area contributed by atoms with Crippen LogP contribution in [0.15, 0.2) is 60.3 Å². The molecule has 33 heavy (non-hydrogen) atoms. The van der Waals surface area contributed by atoms with Crippen LogP contribution in [-0.4, -0.2) is 41.0 Å². The van der Waals surface area contributed by atoms with Crippen LogP contribution in [-0.2, 0) is 4.79 Å². The van der Waals surface area contributed by atoms with E-state index in [0.717, 1.165) is 52.8 Å². The van der Waals surface area contributed by atoms with Crippen molar-refractivity contribution in [2.45, 2.75) is 25.8 Å². The predicted octanol–water partition coefficient (Wildman–Crippen LogP) is 4.68. The molecule has 5 rings (SSSR count). The number of likely N-dealkylation sites (tertiary alicyclic amines) is 1. The van der Waals surface area contributed by atoms with Crippen LogP contribution in [0.25, 0.3) is 6.08 Å². The lowest BCUT2D eigenvalue weighted by molar-refractivity contribution is -0.128. The summed E-state index contributed by atoms with van der Waals surface area (Å²) in [6, 6.07) is 15.3. The summed E-state index contributed by atoms with van der Waals surface area (Å²) < 4.78 is 11.2. The summed E-state index contributed by atoms with van der Waals surface area (Å²) in [7, 11) is 1.63. The molecule has 2 aliphatic heterocycles. The molecule has 3 aromatic rings. The minimum Gasteiger partial charge on any atom is -0.497 e. The second-order valence-corrected chi connectivity index (χ2v) is 8.28. The molecule has 0 aliphatic carbocycles. The fourth-order valence-corrected chi connectivity index (χ4v) is 4.43. The van der Waals surface area contributed by atoms with Gasteiger partial charge < -0.3 is 19.7 Å². The number of rotatable bonds is 5. The second-order valence-electron chi connectivity index (χ2n) is 8.28. The number of aromatic nitrogens is 2. The molecule has 1 N–H and O–H groups in total. The molecule has 2 aromatic heterocycles. The number of hydrogen-bond donors (Lipinski definition) is 1. The maximum absolute atomic E-state index is 13.5. The van der Waals surface area contributed by atoms with Crippen molar-refractivity contribution >= 4 is 23.5 Å². The van der Waals surface area contributed by atoms with Crippen molar-refractivity contribution in [2.24, 2.45) is 0 Å². The monoisotopic (exact) mass is 442 g/mol. The third-order valence-electron chi connectivity index (χ3n) is 5.97. The van der Waals surface area contributed by atoms with E-state index in [1.165, 1.54) is 0 Å². The molecular formula is C26H26N4O3. The van der Waals surface area contributed by atoms with E-state index in [1.54, 1.807) is 13.3 Å². The highest BCUT2D eigenvalue weighted by atomic mass is 16.5. The van der Waals surface area contributed by atoms with Crippen LogP contribution in [0.4, 0.5) is 11.5 Å². The largest absolute Gasteiger partial charge is 0.497 e. The highest BCUT2D eigenvalue weighted by Crippen LogP contribution is 2.36. The van der Waals surface area contributed by atoms with Gasteiger partial charge in [-0.15, -0.1) is 0 Å². The molecule has 168 valence electrons. The van der Waals surface area contributed by atoms with Crippen LogP contribution in [0.2, 0.25) is 0 Å². The second kappa shape index (κ2) is 8.94. The number of amides is 1. The van der Waals surface area contributed by atoms with Gasteiger partial charge in [-0.25, -0.2) is 4.98 Å². The zero-order chi connectivity index (χ0) is 22.8. The van der Waals surface area contributed by atoms with Crippen molar-refractivity contribution in [1.82, 2.24) is 14.9 Å². The molecule has 0 bridgehead atoms. The third kappa shape index (κ3) is 4.39. The van der Waals surface area contributed by atoms with Crippen molar-refractivity contribution in [2.75, 3.05) is 25.6 Å². The predicted molar refractivity (Wildman–Crippen MR) is 127 cm³/mol. The Morgan fingerprint density at radius 2 is 2.12 bits per heavy atom. The summed E-state index contributed by atoms with van der Waals surface area (Å²) >= 11 is 0. The SMILES string of the molecule is COc1ccc2c(c1)C=C(C(=O)N1CCC[C@@H]1c1cc(Nc3ccccn3)cc(C)n1)CO2. The number of nitrogens with zero attached hydrogens (tertiary/aromatic N) is 3. The first-order valence-corrected chi connectivity index (χ1v) is 11.1. The molecule has 0 spiro atoms. The normalized spacial score (nSPS) is 17.1. The molecule has 0 radical (unpaired) electrons. The number of pyridine rings is 2. The van der Waals surface area contributed by atoms with Crippen molar-refractivity contribution < 1.29 is 14.3 Å². The molecule has 2 aliphatic rings. The Labute approximate surface area is 193 Å². The highest BCUT2D eigenvalue weighted by Gasteiger charge is 2.33. The van der Waals surface area contributed by atoms with Crippen molar-refractivity contribution in [3.63, 3.8) is 0 Å². The third-order valence-corrected chi connectivity index (χ3v) is 5.97. The lowest BCUT2D eigenvalue weighted by Gasteiger charge is -2.27. The molecule has 1 atom stereocenters. The molecule has 7 nitrogen and oxygen atoms in total. The molecule has 0 saturated carbocycles. The van der Waals surface area contributed by atoms with Crippen LogP contribution >= 0.6 is 0 Å². The lowest BCUT2D eigenvalue weighted by Crippen LogP contribution is -2.34. The van der Waals surface area contributed by atoms with Gasteiger partial charge in [0.1, 0.15) is 23.9 Å². The molecule has 0 unspecified atom stereocenters. The van der Waals surface area contributed by atoms with Gasteiger partial charge in [0.25, 0.3) is 5.91 Å². The molecule has 7 heteroatoms. The summed E-state index contributed by atoms with van der Waals surface area (Å²) in [6.45, 7) is 2.93. The minimum atomic E-state index is -0.0747. The molecule has 1 saturated heterocycles. The Kier molecular flexibility index (Phi) is 5.69. The fourth-order valence-electron chi connectivity index (χ4n) is 4.43. The number of aryl methyl sites for hydroxylation is 1. The average molecular weight is 443 g/mol. The van der Waals surface area contributed by atoms with Crippen LogP contribution in [0.1, 0.15) is 35.8 Å². The van der Waals surface area contributed by atoms with Gasteiger partial charge in [-0.2, -0.15) is 0 Å². The zero-order valence-electron chi connectivity index (χ0n) is 18.7. The Bertz CT molecular complexity index is 1210.